The van der Waals surface area contributed by atoms with Gasteiger partial charge in [-0.15, -0.1) is 5.10 Å². The summed E-state index contributed by atoms with van der Waals surface area (Å²) in [5.41, 5.74) is 0.216. The fraction of sp³-hybridized carbons (Fsp3) is 0.357. The van der Waals surface area contributed by atoms with Crippen molar-refractivity contribution >= 4 is 29.1 Å². The zero-order valence-corrected chi connectivity index (χ0v) is 13.9. The fourth-order valence-corrected chi connectivity index (χ4v) is 2.37. The third kappa shape index (κ3) is 3.58. The number of amides is 1. The lowest BCUT2D eigenvalue weighted by molar-refractivity contribution is 0.0812. The van der Waals surface area contributed by atoms with Gasteiger partial charge in [-0.05, 0) is 26.0 Å². The van der Waals surface area contributed by atoms with Crippen LogP contribution < -0.4 is 5.32 Å². The molecule has 1 N–H and O–H groups in total. The number of hydrogen-bond acceptors (Lipinski definition) is 4. The van der Waals surface area contributed by atoms with E-state index in [4.69, 9.17) is 27.9 Å². The molecule has 6 nitrogen and oxygen atoms in total. The Bertz CT molecular complexity index is 685. The highest BCUT2D eigenvalue weighted by Gasteiger charge is 2.24. The van der Waals surface area contributed by atoms with E-state index >= 15 is 0 Å². The molecule has 0 spiro atoms. The number of halogens is 2. The van der Waals surface area contributed by atoms with Crippen molar-refractivity contribution in [2.24, 2.45) is 0 Å². The van der Waals surface area contributed by atoms with Gasteiger partial charge in [0.1, 0.15) is 0 Å². The van der Waals surface area contributed by atoms with Crippen LogP contribution in [0, 0.1) is 0 Å². The number of benzene rings is 1. The van der Waals surface area contributed by atoms with Gasteiger partial charge in [0.2, 0.25) is 0 Å². The standard InChI is InChI=1S/C14H16Cl2N4O2/c1-14(2,8-22-3)18-13(21)11-7-17-19-20(11)10-6-4-5-9(15)12(10)16/h4-7H,8H2,1-3H3,(H,18,21). The molecule has 0 saturated heterocycles. The summed E-state index contributed by atoms with van der Waals surface area (Å²) in [4.78, 5) is 12.4. The van der Waals surface area contributed by atoms with Crippen LogP contribution in [0.4, 0.5) is 0 Å². The molecule has 118 valence electrons. The summed E-state index contributed by atoms with van der Waals surface area (Å²) in [7, 11) is 1.57. The van der Waals surface area contributed by atoms with Gasteiger partial charge in [-0.3, -0.25) is 4.79 Å². The number of carbonyl (C=O) groups excluding carboxylic acids is 1. The lowest BCUT2D eigenvalue weighted by atomic mass is 10.1. The van der Waals surface area contributed by atoms with Crippen LogP contribution in [0.15, 0.2) is 24.4 Å². The molecule has 2 aromatic rings. The highest BCUT2D eigenvalue weighted by Crippen LogP contribution is 2.28. The Balaban J connectivity index is 2.34. The van der Waals surface area contributed by atoms with Gasteiger partial charge in [-0.25, -0.2) is 4.68 Å². The van der Waals surface area contributed by atoms with Crippen LogP contribution in [0.25, 0.3) is 5.69 Å². The van der Waals surface area contributed by atoms with Crippen LogP contribution in [-0.2, 0) is 4.74 Å². The number of nitrogens with zero attached hydrogens (tertiary/aromatic N) is 3. The van der Waals surface area contributed by atoms with Crippen molar-refractivity contribution < 1.29 is 9.53 Å². The first-order valence-corrected chi connectivity index (χ1v) is 7.28. The summed E-state index contributed by atoms with van der Waals surface area (Å²) in [6, 6.07) is 5.09. The van der Waals surface area contributed by atoms with E-state index in [1.807, 2.05) is 13.8 Å². The summed E-state index contributed by atoms with van der Waals surface area (Å²) in [6.45, 7) is 4.09. The number of carbonyl (C=O) groups is 1. The molecule has 0 aliphatic heterocycles. The highest BCUT2D eigenvalue weighted by molar-refractivity contribution is 6.43. The molecule has 1 aromatic heterocycles. The zero-order chi connectivity index (χ0) is 16.3. The molecule has 0 aliphatic carbocycles. The highest BCUT2D eigenvalue weighted by atomic mass is 35.5. The number of hydrogen-bond donors (Lipinski definition) is 1. The summed E-state index contributed by atoms with van der Waals surface area (Å²) >= 11 is 12.2. The largest absolute Gasteiger partial charge is 0.382 e. The van der Waals surface area contributed by atoms with Gasteiger partial charge in [0.05, 0.1) is 34.1 Å². The van der Waals surface area contributed by atoms with Crippen LogP contribution >= 0.6 is 23.2 Å². The van der Waals surface area contributed by atoms with Crippen LogP contribution in [0.3, 0.4) is 0 Å². The third-order valence-corrected chi connectivity index (χ3v) is 3.71. The number of aromatic nitrogens is 3. The molecule has 2 rings (SSSR count). The third-order valence-electron chi connectivity index (χ3n) is 2.90. The number of methoxy groups -OCH3 is 1. The smallest absolute Gasteiger partial charge is 0.272 e. The average molecular weight is 343 g/mol. The van der Waals surface area contributed by atoms with Crippen LogP contribution in [0.2, 0.25) is 10.0 Å². The molecule has 8 heteroatoms. The van der Waals surface area contributed by atoms with Crippen molar-refractivity contribution in [3.8, 4) is 5.69 Å². The van der Waals surface area contributed by atoms with Gasteiger partial charge >= 0.3 is 0 Å². The van der Waals surface area contributed by atoms with Crippen LogP contribution in [0.1, 0.15) is 24.3 Å². The molecule has 0 saturated carbocycles. The second-order valence-corrected chi connectivity index (χ2v) is 6.16. The average Bonchev–Trinajstić information content (AvgIpc) is 2.90. The van der Waals surface area contributed by atoms with Gasteiger partial charge < -0.3 is 10.1 Å². The first kappa shape index (κ1) is 16.7. The van der Waals surface area contributed by atoms with E-state index in [-0.39, 0.29) is 11.6 Å². The van der Waals surface area contributed by atoms with Crippen molar-refractivity contribution in [2.45, 2.75) is 19.4 Å². The maximum atomic E-state index is 12.4. The van der Waals surface area contributed by atoms with Crippen molar-refractivity contribution in [1.82, 2.24) is 20.3 Å². The molecular weight excluding hydrogens is 327 g/mol. The summed E-state index contributed by atoms with van der Waals surface area (Å²) < 4.78 is 6.44. The molecule has 1 aromatic carbocycles. The second kappa shape index (κ2) is 6.64. The predicted octanol–water partition coefficient (Wildman–Crippen LogP) is 2.73. The van der Waals surface area contributed by atoms with Crippen molar-refractivity contribution in [3.63, 3.8) is 0 Å². The summed E-state index contributed by atoms with van der Waals surface area (Å²) in [6.07, 6.45) is 1.37. The first-order valence-electron chi connectivity index (χ1n) is 6.52. The van der Waals surface area contributed by atoms with Crippen LogP contribution in [-0.4, -0.2) is 40.2 Å². The number of rotatable bonds is 5. The molecule has 0 aliphatic rings. The van der Waals surface area contributed by atoms with Crippen molar-refractivity contribution in [3.05, 3.63) is 40.1 Å². The SMILES string of the molecule is COCC(C)(C)NC(=O)c1cnnn1-c1cccc(Cl)c1Cl. The second-order valence-electron chi connectivity index (χ2n) is 5.38. The Kier molecular flexibility index (Phi) is 5.05. The van der Waals surface area contributed by atoms with Crippen molar-refractivity contribution in [2.75, 3.05) is 13.7 Å². The Hall–Kier alpha value is -1.63. The maximum Gasteiger partial charge on any atom is 0.272 e. The molecule has 0 atom stereocenters. The minimum atomic E-state index is -0.529. The Morgan fingerprint density at radius 2 is 2.14 bits per heavy atom. The minimum Gasteiger partial charge on any atom is -0.382 e. The lowest BCUT2D eigenvalue weighted by Gasteiger charge is -2.25. The van der Waals surface area contributed by atoms with Gasteiger partial charge in [0.15, 0.2) is 5.69 Å². The topological polar surface area (TPSA) is 69.0 Å². The summed E-state index contributed by atoms with van der Waals surface area (Å²) in [5.74, 6) is -0.330. The number of nitrogens with one attached hydrogen (secondary N) is 1. The quantitative estimate of drug-likeness (QED) is 0.906. The molecule has 0 fully saturated rings. The number of ether oxygens (including phenoxy) is 1. The molecule has 0 unspecified atom stereocenters. The molecule has 0 radical (unpaired) electrons. The van der Waals surface area contributed by atoms with Gasteiger partial charge in [-0.2, -0.15) is 0 Å². The van der Waals surface area contributed by atoms with E-state index in [1.54, 1.807) is 25.3 Å². The van der Waals surface area contributed by atoms with Gasteiger partial charge in [0.25, 0.3) is 5.91 Å². The Labute approximate surface area is 138 Å². The van der Waals surface area contributed by atoms with Gasteiger partial charge in [0, 0.05) is 7.11 Å². The van der Waals surface area contributed by atoms with E-state index in [0.717, 1.165) is 0 Å². The molecule has 22 heavy (non-hydrogen) atoms. The molecule has 0 bridgehead atoms. The van der Waals surface area contributed by atoms with Gasteiger partial charge in [-0.1, -0.05) is 34.5 Å². The zero-order valence-electron chi connectivity index (χ0n) is 12.4. The van der Waals surface area contributed by atoms with E-state index in [0.29, 0.717) is 22.3 Å². The normalized spacial score (nSPS) is 11.5. The van der Waals surface area contributed by atoms with E-state index in [2.05, 4.69) is 15.6 Å². The van der Waals surface area contributed by atoms with Crippen molar-refractivity contribution in [1.29, 1.82) is 0 Å². The van der Waals surface area contributed by atoms with E-state index in [9.17, 15) is 4.79 Å². The Morgan fingerprint density at radius 1 is 1.41 bits per heavy atom. The van der Waals surface area contributed by atoms with E-state index < -0.39 is 5.54 Å². The molecular formula is C14H16Cl2N4O2. The molecule has 1 heterocycles. The van der Waals surface area contributed by atoms with E-state index in [1.165, 1.54) is 10.9 Å². The van der Waals surface area contributed by atoms with Crippen LogP contribution in [0.5, 0.6) is 0 Å². The minimum absolute atomic E-state index is 0.258. The first-order chi connectivity index (χ1) is 10.4. The molecule has 1 amide bonds. The lowest BCUT2D eigenvalue weighted by Crippen LogP contribution is -2.47. The predicted molar refractivity (Wildman–Crippen MR) is 84.8 cm³/mol. The maximum absolute atomic E-state index is 12.4. The Morgan fingerprint density at radius 3 is 2.82 bits per heavy atom. The fourth-order valence-electron chi connectivity index (χ4n) is 1.99. The summed E-state index contributed by atoms with van der Waals surface area (Å²) in [5, 5.41) is 11.2. The monoisotopic (exact) mass is 342 g/mol.